The Labute approximate surface area is 152 Å². The van der Waals surface area contributed by atoms with E-state index in [1.807, 2.05) is 5.38 Å². The number of carbonyl (C=O) groups excluding carboxylic acids is 1. The van der Waals surface area contributed by atoms with Gasteiger partial charge in [0, 0.05) is 30.0 Å². The molecule has 0 N–H and O–H groups in total. The zero-order valence-electron chi connectivity index (χ0n) is 14.6. The van der Waals surface area contributed by atoms with Crippen LogP contribution < -0.4 is 4.74 Å². The minimum Gasteiger partial charge on any atom is -0.465 e. The number of sulfonamides is 1. The molecule has 2 heterocycles. The van der Waals surface area contributed by atoms with Crippen molar-refractivity contribution < 1.29 is 17.9 Å². The van der Waals surface area contributed by atoms with Crippen molar-refractivity contribution in [3.63, 3.8) is 0 Å². The zero-order chi connectivity index (χ0) is 17.9. The summed E-state index contributed by atoms with van der Waals surface area (Å²) >= 11 is 1.41. The Morgan fingerprint density at radius 1 is 1.40 bits per heavy atom. The molecular formula is C17H24N2O4S2. The third-order valence-electron chi connectivity index (χ3n) is 6.75. The van der Waals surface area contributed by atoms with Crippen LogP contribution in [0.25, 0.3) is 0 Å². The summed E-state index contributed by atoms with van der Waals surface area (Å²) in [5.74, 6) is 0.425. The monoisotopic (exact) mass is 384 g/mol. The number of ether oxygens (including phenoxy) is 1. The number of thiazole rings is 1. The zero-order valence-corrected chi connectivity index (χ0v) is 16.2. The van der Waals surface area contributed by atoms with Crippen LogP contribution in [0.1, 0.15) is 39.5 Å². The van der Waals surface area contributed by atoms with Crippen molar-refractivity contribution in [3.05, 3.63) is 11.6 Å². The molecule has 3 unspecified atom stereocenters. The Morgan fingerprint density at radius 3 is 2.80 bits per heavy atom. The van der Waals surface area contributed by atoms with E-state index in [0.717, 1.165) is 6.42 Å². The average Bonchev–Trinajstić information content (AvgIpc) is 3.27. The van der Waals surface area contributed by atoms with Gasteiger partial charge >= 0.3 is 0 Å². The highest BCUT2D eigenvalue weighted by Crippen LogP contribution is 2.64. The first kappa shape index (κ1) is 17.4. The van der Waals surface area contributed by atoms with Crippen molar-refractivity contribution in [2.75, 3.05) is 18.8 Å². The minimum atomic E-state index is -3.49. The summed E-state index contributed by atoms with van der Waals surface area (Å²) in [7, 11) is -3.49. The molecule has 0 aromatic carbocycles. The molecule has 1 aromatic heterocycles. The molecule has 1 saturated heterocycles. The fourth-order valence-corrected chi connectivity index (χ4v) is 7.78. The van der Waals surface area contributed by atoms with E-state index in [4.69, 9.17) is 4.74 Å². The summed E-state index contributed by atoms with van der Waals surface area (Å²) in [5, 5.41) is 2.41. The Bertz CT molecular complexity index is 775. The molecule has 0 amide bonds. The van der Waals surface area contributed by atoms with Gasteiger partial charge in [0.1, 0.15) is 11.9 Å². The molecule has 2 aliphatic carbocycles. The van der Waals surface area contributed by atoms with Crippen LogP contribution in [0.4, 0.5) is 0 Å². The van der Waals surface area contributed by atoms with Gasteiger partial charge in [-0.1, -0.05) is 25.2 Å². The fraction of sp³-hybridized carbons (Fsp3) is 0.765. The number of Topliss-reactive ketones (excluding diaryl/α,β-unsaturated/α-hetero) is 1. The number of nitrogens with zero attached hydrogens (tertiary/aromatic N) is 2. The van der Waals surface area contributed by atoms with Crippen LogP contribution in [0.3, 0.4) is 0 Å². The Kier molecular flexibility index (Phi) is 4.01. The van der Waals surface area contributed by atoms with Crippen molar-refractivity contribution in [2.45, 2.75) is 45.6 Å². The summed E-state index contributed by atoms with van der Waals surface area (Å²) in [5.41, 5.74) is -0.932. The minimum absolute atomic E-state index is 0.0493. The summed E-state index contributed by atoms with van der Waals surface area (Å²) in [4.78, 5) is 16.7. The Balaban J connectivity index is 1.48. The Morgan fingerprint density at radius 2 is 2.20 bits per heavy atom. The lowest BCUT2D eigenvalue weighted by Gasteiger charge is -2.37. The first-order chi connectivity index (χ1) is 11.7. The first-order valence-corrected chi connectivity index (χ1v) is 11.3. The van der Waals surface area contributed by atoms with Crippen molar-refractivity contribution in [1.29, 1.82) is 0 Å². The second kappa shape index (κ2) is 5.76. The van der Waals surface area contributed by atoms with E-state index in [0.29, 0.717) is 43.5 Å². The maximum absolute atomic E-state index is 13.1. The molecule has 0 spiro atoms. The number of ketones is 1. The van der Waals surface area contributed by atoms with Gasteiger partial charge in [0.05, 0.1) is 12.3 Å². The number of fused-ring (bicyclic) bond motifs is 2. The predicted molar refractivity (Wildman–Crippen MR) is 95.1 cm³/mol. The molecule has 6 nitrogen and oxygen atoms in total. The molecule has 0 radical (unpaired) electrons. The largest absolute Gasteiger partial charge is 0.465 e. The van der Waals surface area contributed by atoms with Gasteiger partial charge < -0.3 is 4.74 Å². The maximum Gasteiger partial charge on any atom is 0.273 e. The van der Waals surface area contributed by atoms with Crippen molar-refractivity contribution >= 4 is 27.1 Å². The average molecular weight is 385 g/mol. The van der Waals surface area contributed by atoms with Crippen LogP contribution in [-0.2, 0) is 14.8 Å². The van der Waals surface area contributed by atoms with E-state index in [2.05, 4.69) is 18.8 Å². The van der Waals surface area contributed by atoms with Crippen LogP contribution in [-0.4, -0.2) is 48.4 Å². The van der Waals surface area contributed by atoms with Gasteiger partial charge in [0.15, 0.2) is 0 Å². The quantitative estimate of drug-likeness (QED) is 0.779. The summed E-state index contributed by atoms with van der Waals surface area (Å²) in [6.07, 6.45) is 4.37. The van der Waals surface area contributed by atoms with E-state index in [1.54, 1.807) is 6.20 Å². The van der Waals surface area contributed by atoms with Gasteiger partial charge in [-0.2, -0.15) is 4.31 Å². The predicted octanol–water partition coefficient (Wildman–Crippen LogP) is 2.32. The van der Waals surface area contributed by atoms with Gasteiger partial charge in [-0.05, 0) is 30.6 Å². The van der Waals surface area contributed by atoms with Gasteiger partial charge in [-0.15, -0.1) is 0 Å². The third kappa shape index (κ3) is 2.64. The highest BCUT2D eigenvalue weighted by molar-refractivity contribution is 7.89. The lowest BCUT2D eigenvalue weighted by molar-refractivity contribution is -0.128. The highest BCUT2D eigenvalue weighted by Gasteiger charge is 2.65. The number of rotatable bonds is 5. The van der Waals surface area contributed by atoms with Crippen LogP contribution in [0.2, 0.25) is 0 Å². The number of carbonyl (C=O) groups is 1. The normalized spacial score (nSPS) is 34.7. The molecular weight excluding hydrogens is 360 g/mol. The molecule has 4 rings (SSSR count). The van der Waals surface area contributed by atoms with E-state index in [-0.39, 0.29) is 23.1 Å². The van der Waals surface area contributed by atoms with Crippen molar-refractivity contribution in [3.8, 4) is 5.19 Å². The highest BCUT2D eigenvalue weighted by atomic mass is 32.2. The number of aromatic nitrogens is 1. The summed E-state index contributed by atoms with van der Waals surface area (Å²) < 4.78 is 33.4. The fourth-order valence-electron chi connectivity index (χ4n) is 4.97. The first-order valence-electron chi connectivity index (χ1n) is 8.82. The second-order valence-electron chi connectivity index (χ2n) is 8.11. The van der Waals surface area contributed by atoms with Gasteiger partial charge in [-0.3, -0.25) is 4.79 Å². The molecule has 25 heavy (non-hydrogen) atoms. The van der Waals surface area contributed by atoms with Gasteiger partial charge in [-0.25, -0.2) is 13.4 Å². The Hall–Kier alpha value is -0.990. The smallest absolute Gasteiger partial charge is 0.273 e. The molecule has 3 aliphatic rings. The van der Waals surface area contributed by atoms with Crippen molar-refractivity contribution in [2.24, 2.45) is 16.7 Å². The molecule has 1 aromatic rings. The van der Waals surface area contributed by atoms with E-state index in [1.165, 1.54) is 15.6 Å². The SMILES string of the molecule is CC1(C)C2CCC1(CS(=O)(=O)N1CCC(Oc3nccs3)C1)C(=O)C2. The summed E-state index contributed by atoms with van der Waals surface area (Å²) in [6, 6.07) is 0. The van der Waals surface area contributed by atoms with Crippen LogP contribution in [0.5, 0.6) is 5.19 Å². The van der Waals surface area contributed by atoms with E-state index >= 15 is 0 Å². The lowest BCUT2D eigenvalue weighted by Crippen LogP contribution is -2.46. The number of hydrogen-bond donors (Lipinski definition) is 0. The summed E-state index contributed by atoms with van der Waals surface area (Å²) in [6.45, 7) is 4.94. The van der Waals surface area contributed by atoms with Crippen LogP contribution in [0.15, 0.2) is 11.6 Å². The van der Waals surface area contributed by atoms with E-state index < -0.39 is 15.4 Å². The van der Waals surface area contributed by atoms with Crippen molar-refractivity contribution in [1.82, 2.24) is 9.29 Å². The number of hydrogen-bond acceptors (Lipinski definition) is 6. The molecule has 3 fully saturated rings. The van der Waals surface area contributed by atoms with Gasteiger partial charge in [0.25, 0.3) is 5.19 Å². The standard InChI is InChI=1S/C17H24N2O4S2/c1-16(2)12-3-5-17(16,14(20)9-12)11-25(21,22)19-7-4-13(10-19)23-15-18-6-8-24-15/h6,8,12-13H,3-5,7,9-11H2,1-2H3. The maximum atomic E-state index is 13.1. The topological polar surface area (TPSA) is 76.6 Å². The van der Waals surface area contributed by atoms with Crippen LogP contribution >= 0.6 is 11.3 Å². The van der Waals surface area contributed by atoms with Gasteiger partial charge in [0.2, 0.25) is 10.0 Å². The molecule has 1 aliphatic heterocycles. The molecule has 2 bridgehead atoms. The van der Waals surface area contributed by atoms with E-state index in [9.17, 15) is 13.2 Å². The second-order valence-corrected chi connectivity index (χ2v) is 10.9. The van der Waals surface area contributed by atoms with Crippen LogP contribution in [0, 0.1) is 16.7 Å². The lowest BCUT2D eigenvalue weighted by atomic mass is 9.70. The third-order valence-corrected chi connectivity index (χ3v) is 9.38. The molecule has 138 valence electrons. The molecule has 2 saturated carbocycles. The molecule has 8 heteroatoms. The molecule has 3 atom stereocenters.